The number of ether oxygens (including phenoxy) is 3. The number of aromatic nitrogens is 2. The summed E-state index contributed by atoms with van der Waals surface area (Å²) in [6.07, 6.45) is 0. The van der Waals surface area contributed by atoms with Gasteiger partial charge in [0.05, 0.1) is 21.3 Å². The number of pyridine rings is 1. The average molecular weight is 400 g/mol. The van der Waals surface area contributed by atoms with Crippen LogP contribution in [-0.2, 0) is 0 Å². The number of rotatable bonds is 7. The highest BCUT2D eigenvalue weighted by Gasteiger charge is 2.16. The Morgan fingerprint density at radius 1 is 1.04 bits per heavy atom. The number of hydrogen-bond acceptors (Lipinski definition) is 8. The molecule has 0 spiro atoms. The maximum atomic E-state index is 12.6. The molecule has 0 radical (unpaired) electrons. The second-order valence-electron chi connectivity index (χ2n) is 5.70. The summed E-state index contributed by atoms with van der Waals surface area (Å²) < 4.78 is 15.9. The van der Waals surface area contributed by atoms with Crippen LogP contribution < -0.4 is 24.8 Å². The van der Waals surface area contributed by atoms with Crippen LogP contribution in [0, 0.1) is 6.92 Å². The van der Waals surface area contributed by atoms with Crippen LogP contribution in [-0.4, -0.2) is 37.2 Å². The fraction of sp³-hybridized carbons (Fsp3) is 0.211. The zero-order valence-corrected chi connectivity index (χ0v) is 16.7. The summed E-state index contributed by atoms with van der Waals surface area (Å²) >= 11 is 1.32. The Morgan fingerprint density at radius 3 is 2.36 bits per heavy atom. The third-order valence-electron chi connectivity index (χ3n) is 3.78. The van der Waals surface area contributed by atoms with Crippen LogP contribution in [0.3, 0.4) is 0 Å². The number of methoxy groups -OCH3 is 3. The van der Waals surface area contributed by atoms with E-state index in [1.807, 2.05) is 25.1 Å². The molecule has 0 fully saturated rings. The summed E-state index contributed by atoms with van der Waals surface area (Å²) in [5.74, 6) is 1.67. The van der Waals surface area contributed by atoms with Gasteiger partial charge in [-0.1, -0.05) is 6.07 Å². The number of thiazole rings is 1. The van der Waals surface area contributed by atoms with Crippen LogP contribution in [0.1, 0.15) is 16.2 Å². The van der Waals surface area contributed by atoms with Gasteiger partial charge in [-0.2, -0.15) is 0 Å². The monoisotopic (exact) mass is 400 g/mol. The van der Waals surface area contributed by atoms with Crippen molar-refractivity contribution in [3.05, 3.63) is 47.1 Å². The first-order chi connectivity index (χ1) is 13.5. The van der Waals surface area contributed by atoms with Gasteiger partial charge >= 0.3 is 0 Å². The lowest BCUT2D eigenvalue weighted by Crippen LogP contribution is -2.12. The number of carbonyl (C=O) groups is 1. The predicted molar refractivity (Wildman–Crippen MR) is 108 cm³/mol. The summed E-state index contributed by atoms with van der Waals surface area (Å²) in [4.78, 5) is 21.2. The summed E-state index contributed by atoms with van der Waals surface area (Å²) in [5, 5.41) is 8.14. The Balaban J connectivity index is 1.76. The smallest absolute Gasteiger partial charge is 0.275 e. The van der Waals surface area contributed by atoms with Crippen LogP contribution in [0.25, 0.3) is 0 Å². The van der Waals surface area contributed by atoms with Gasteiger partial charge in [-0.3, -0.25) is 4.79 Å². The van der Waals surface area contributed by atoms with Gasteiger partial charge in [0, 0.05) is 28.9 Å². The number of hydrogen-bond donors (Lipinski definition) is 2. The van der Waals surface area contributed by atoms with Crippen LogP contribution in [0.2, 0.25) is 0 Å². The van der Waals surface area contributed by atoms with Crippen molar-refractivity contribution in [3.63, 3.8) is 0 Å². The molecule has 146 valence electrons. The SMILES string of the molecule is COc1cc(NC(=O)c2csc(Nc3cccc(C)n3)n2)cc(OC)c1OC. The van der Waals surface area contributed by atoms with Crippen molar-refractivity contribution < 1.29 is 19.0 Å². The first-order valence-corrected chi connectivity index (χ1v) is 9.19. The zero-order valence-electron chi connectivity index (χ0n) is 15.9. The van der Waals surface area contributed by atoms with Crippen molar-refractivity contribution in [2.75, 3.05) is 32.0 Å². The lowest BCUT2D eigenvalue weighted by Gasteiger charge is -2.14. The lowest BCUT2D eigenvalue weighted by atomic mass is 10.2. The number of carbonyl (C=O) groups excluding carboxylic acids is 1. The van der Waals surface area contributed by atoms with Crippen molar-refractivity contribution in [3.8, 4) is 17.2 Å². The molecule has 2 N–H and O–H groups in total. The number of benzene rings is 1. The van der Waals surface area contributed by atoms with E-state index < -0.39 is 0 Å². The molecular formula is C19H20N4O4S. The van der Waals surface area contributed by atoms with E-state index in [2.05, 4.69) is 20.6 Å². The summed E-state index contributed by atoms with van der Waals surface area (Å²) in [7, 11) is 4.55. The molecule has 0 aliphatic carbocycles. The van der Waals surface area contributed by atoms with Crippen LogP contribution >= 0.6 is 11.3 Å². The molecule has 1 amide bonds. The first kappa shape index (κ1) is 19.4. The van der Waals surface area contributed by atoms with E-state index in [4.69, 9.17) is 14.2 Å². The molecule has 28 heavy (non-hydrogen) atoms. The predicted octanol–water partition coefficient (Wildman–Crippen LogP) is 3.87. The second kappa shape index (κ2) is 8.57. The fourth-order valence-corrected chi connectivity index (χ4v) is 3.20. The Labute approximate surface area is 166 Å². The van der Waals surface area contributed by atoms with Gasteiger partial charge in [0.1, 0.15) is 11.5 Å². The number of nitrogens with zero attached hydrogens (tertiary/aromatic N) is 2. The van der Waals surface area contributed by atoms with E-state index in [9.17, 15) is 4.79 Å². The quantitative estimate of drug-likeness (QED) is 0.622. The van der Waals surface area contributed by atoms with Crippen molar-refractivity contribution in [1.82, 2.24) is 9.97 Å². The molecule has 0 bridgehead atoms. The molecule has 8 nitrogen and oxygen atoms in total. The molecule has 0 saturated carbocycles. The van der Waals surface area contributed by atoms with Crippen molar-refractivity contribution in [2.45, 2.75) is 6.92 Å². The lowest BCUT2D eigenvalue weighted by molar-refractivity contribution is 0.102. The molecule has 9 heteroatoms. The Hall–Kier alpha value is -3.33. The Kier molecular flexibility index (Phi) is 5.95. The zero-order chi connectivity index (χ0) is 20.1. The van der Waals surface area contributed by atoms with Crippen LogP contribution in [0.5, 0.6) is 17.2 Å². The van der Waals surface area contributed by atoms with Gasteiger partial charge in [-0.15, -0.1) is 11.3 Å². The summed E-state index contributed by atoms with van der Waals surface area (Å²) in [6, 6.07) is 8.95. The van der Waals surface area contributed by atoms with Gasteiger partial charge in [0.25, 0.3) is 5.91 Å². The highest BCUT2D eigenvalue weighted by molar-refractivity contribution is 7.14. The number of nitrogens with one attached hydrogen (secondary N) is 2. The average Bonchev–Trinajstić information content (AvgIpc) is 3.15. The minimum atomic E-state index is -0.351. The standard InChI is InChI=1S/C19H20N4O4S/c1-11-6-5-7-16(20-11)23-19-22-13(10-28-19)18(24)21-12-8-14(25-2)17(27-4)15(9-12)26-3/h5-10H,1-4H3,(H,21,24)(H,20,22,23). The molecule has 0 atom stereocenters. The molecule has 0 aliphatic heterocycles. The number of aryl methyl sites for hydroxylation is 1. The highest BCUT2D eigenvalue weighted by Crippen LogP contribution is 2.40. The minimum Gasteiger partial charge on any atom is -0.493 e. The normalized spacial score (nSPS) is 10.3. The molecule has 3 rings (SSSR count). The highest BCUT2D eigenvalue weighted by atomic mass is 32.1. The molecule has 2 heterocycles. The van der Waals surface area contributed by atoms with Gasteiger partial charge < -0.3 is 24.8 Å². The van der Waals surface area contributed by atoms with E-state index >= 15 is 0 Å². The summed E-state index contributed by atoms with van der Waals surface area (Å²) in [6.45, 7) is 1.91. The van der Waals surface area contributed by atoms with Crippen molar-refractivity contribution in [2.24, 2.45) is 0 Å². The van der Waals surface area contributed by atoms with Gasteiger partial charge in [0.2, 0.25) is 5.75 Å². The first-order valence-electron chi connectivity index (χ1n) is 8.31. The third-order valence-corrected chi connectivity index (χ3v) is 4.54. The molecule has 3 aromatic rings. The van der Waals surface area contributed by atoms with Crippen LogP contribution in [0.15, 0.2) is 35.7 Å². The molecule has 0 unspecified atom stereocenters. The topological polar surface area (TPSA) is 94.6 Å². The second-order valence-corrected chi connectivity index (χ2v) is 6.55. The molecule has 0 aliphatic rings. The number of anilines is 3. The molecule has 1 aromatic carbocycles. The Bertz CT molecular complexity index is 965. The van der Waals surface area contributed by atoms with E-state index in [-0.39, 0.29) is 11.6 Å². The van der Waals surface area contributed by atoms with Gasteiger partial charge in [0.15, 0.2) is 16.6 Å². The maximum absolute atomic E-state index is 12.6. The molecule has 2 aromatic heterocycles. The maximum Gasteiger partial charge on any atom is 0.275 e. The van der Waals surface area contributed by atoms with E-state index in [0.717, 1.165) is 5.69 Å². The van der Waals surface area contributed by atoms with Gasteiger partial charge in [-0.25, -0.2) is 9.97 Å². The van der Waals surface area contributed by atoms with E-state index in [1.54, 1.807) is 17.5 Å². The largest absolute Gasteiger partial charge is 0.493 e. The van der Waals surface area contributed by atoms with Gasteiger partial charge in [-0.05, 0) is 19.1 Å². The fourth-order valence-electron chi connectivity index (χ4n) is 2.51. The van der Waals surface area contributed by atoms with Crippen molar-refractivity contribution in [1.29, 1.82) is 0 Å². The van der Waals surface area contributed by atoms with Crippen LogP contribution in [0.4, 0.5) is 16.6 Å². The summed E-state index contributed by atoms with van der Waals surface area (Å²) in [5.41, 5.74) is 1.68. The molecule has 0 saturated heterocycles. The minimum absolute atomic E-state index is 0.286. The van der Waals surface area contributed by atoms with Crippen molar-refractivity contribution >= 4 is 33.9 Å². The Morgan fingerprint density at radius 2 is 1.75 bits per heavy atom. The van der Waals surface area contributed by atoms with E-state index in [1.165, 1.54) is 32.7 Å². The molecular weight excluding hydrogens is 380 g/mol. The third kappa shape index (κ3) is 4.32. The number of amides is 1. The van der Waals surface area contributed by atoms with E-state index in [0.29, 0.717) is 33.9 Å².